The second-order valence-corrected chi connectivity index (χ2v) is 10.5. The topological polar surface area (TPSA) is 71.0 Å². The Morgan fingerprint density at radius 2 is 1.53 bits per heavy atom. The van der Waals surface area contributed by atoms with Crippen LogP contribution in [0.3, 0.4) is 0 Å². The second kappa shape index (κ2) is 8.74. The van der Waals surface area contributed by atoms with E-state index in [4.69, 9.17) is 5.41 Å². The van der Waals surface area contributed by atoms with Crippen molar-refractivity contribution in [3.63, 3.8) is 0 Å². The van der Waals surface area contributed by atoms with Gasteiger partial charge in [-0.15, -0.1) is 17.0 Å². The molecule has 0 atom stereocenters. The Bertz CT molecular complexity index is 935. The van der Waals surface area contributed by atoms with Crippen molar-refractivity contribution in [3.8, 4) is 5.75 Å². The van der Waals surface area contributed by atoms with Gasteiger partial charge in [0.1, 0.15) is 5.75 Å². The van der Waals surface area contributed by atoms with Crippen molar-refractivity contribution in [1.29, 1.82) is 5.41 Å². The van der Waals surface area contributed by atoms with E-state index in [2.05, 4.69) is 0 Å². The third-order valence-corrected chi connectivity index (χ3v) is 5.81. The lowest BCUT2D eigenvalue weighted by molar-refractivity contribution is 0.0969. The van der Waals surface area contributed by atoms with E-state index in [1.54, 1.807) is 4.57 Å². The molecule has 0 unspecified atom stereocenters. The Morgan fingerprint density at radius 1 is 1.03 bits per heavy atom. The quantitative estimate of drug-likeness (QED) is 0.551. The first-order valence-electron chi connectivity index (χ1n) is 10.6. The third-order valence-electron chi connectivity index (χ3n) is 5.81. The van der Waals surface area contributed by atoms with E-state index in [0.717, 1.165) is 30.0 Å². The summed E-state index contributed by atoms with van der Waals surface area (Å²) < 4.78 is 3.62. The molecule has 2 N–H and O–H groups in total. The van der Waals surface area contributed by atoms with E-state index in [1.807, 2.05) is 70.6 Å². The van der Waals surface area contributed by atoms with Crippen LogP contribution in [0, 0.1) is 11.3 Å². The molecule has 3 rings (SSSR count). The number of halogens is 1. The van der Waals surface area contributed by atoms with E-state index in [-0.39, 0.29) is 45.9 Å². The molecular weight excluding hydrogens is 442 g/mol. The summed E-state index contributed by atoms with van der Waals surface area (Å²) in [6, 6.07) is 3.64. The first-order chi connectivity index (χ1) is 13.4. The van der Waals surface area contributed by atoms with Gasteiger partial charge in [-0.1, -0.05) is 54.4 Å². The van der Waals surface area contributed by atoms with Gasteiger partial charge in [0.2, 0.25) is 5.62 Å². The van der Waals surface area contributed by atoms with Crippen LogP contribution < -0.4 is 5.62 Å². The van der Waals surface area contributed by atoms with Crippen molar-refractivity contribution >= 4 is 22.8 Å². The van der Waals surface area contributed by atoms with E-state index in [1.165, 1.54) is 12.8 Å². The lowest BCUT2D eigenvalue weighted by atomic mass is 9.78. The number of aryl methyl sites for hydroxylation is 1. The monoisotopic (exact) mass is 477 g/mol. The number of rotatable bonds is 6. The summed E-state index contributed by atoms with van der Waals surface area (Å²) in [5.74, 6) is 1.05. The molecule has 1 aliphatic rings. The van der Waals surface area contributed by atoms with E-state index in [9.17, 15) is 9.90 Å². The standard InChI is InChI=1S/C24H35N3O2.BrH/c1-23(2,3)18-13-17(14-19(21(18)29)24(4,5)6)20(28)15-27-12-11-26(22(27)25)10-9-16-7-8-16;/h11-14,16,25,29H,7-10,15H2,1-6H3;1H. The summed E-state index contributed by atoms with van der Waals surface area (Å²) in [6.45, 7) is 13.2. The molecule has 0 aliphatic heterocycles. The fourth-order valence-electron chi connectivity index (χ4n) is 3.69. The number of ketones is 1. The minimum Gasteiger partial charge on any atom is -0.507 e. The van der Waals surface area contributed by atoms with Gasteiger partial charge in [0.25, 0.3) is 0 Å². The predicted octanol–water partition coefficient (Wildman–Crippen LogP) is 5.33. The second-order valence-electron chi connectivity index (χ2n) is 10.5. The summed E-state index contributed by atoms with van der Waals surface area (Å²) in [6.07, 6.45) is 7.44. The van der Waals surface area contributed by atoms with Crippen molar-refractivity contribution in [2.75, 3.05) is 0 Å². The molecule has 30 heavy (non-hydrogen) atoms. The molecule has 1 fully saturated rings. The van der Waals surface area contributed by atoms with Crippen LogP contribution in [0.5, 0.6) is 5.75 Å². The molecule has 1 saturated carbocycles. The highest BCUT2D eigenvalue weighted by molar-refractivity contribution is 8.93. The van der Waals surface area contributed by atoms with E-state index < -0.39 is 0 Å². The largest absolute Gasteiger partial charge is 0.507 e. The van der Waals surface area contributed by atoms with Crippen molar-refractivity contribution in [1.82, 2.24) is 9.13 Å². The smallest absolute Gasteiger partial charge is 0.202 e. The number of Topliss-reactive ketones (excluding diaryl/α,β-unsaturated/α-hetero) is 1. The van der Waals surface area contributed by atoms with Gasteiger partial charge in [-0.25, -0.2) is 0 Å². The van der Waals surface area contributed by atoms with Gasteiger partial charge < -0.3 is 14.2 Å². The molecule has 2 aromatic rings. The highest BCUT2D eigenvalue weighted by Gasteiger charge is 2.28. The zero-order chi connectivity index (χ0) is 21.6. The normalized spacial score (nSPS) is 14.5. The number of aromatic nitrogens is 2. The first kappa shape index (κ1) is 24.4. The van der Waals surface area contributed by atoms with Crippen LogP contribution in [0.25, 0.3) is 0 Å². The number of hydrogen-bond donors (Lipinski definition) is 2. The van der Waals surface area contributed by atoms with Gasteiger partial charge >= 0.3 is 0 Å². The molecule has 1 aromatic carbocycles. The zero-order valence-electron chi connectivity index (χ0n) is 19.1. The number of imidazole rings is 1. The number of carbonyl (C=O) groups excluding carboxylic acids is 1. The SMILES string of the molecule is Br.CC(C)(C)c1cc(C(=O)Cn2ccn(CCC3CC3)c2=N)cc(C(C)(C)C)c1O. The van der Waals surface area contributed by atoms with Crippen LogP contribution >= 0.6 is 17.0 Å². The van der Waals surface area contributed by atoms with Gasteiger partial charge in [-0.3, -0.25) is 10.2 Å². The molecular formula is C24H36BrN3O2. The molecule has 0 amide bonds. The lowest BCUT2D eigenvalue weighted by Gasteiger charge is -2.28. The van der Waals surface area contributed by atoms with Crippen LogP contribution in [0.15, 0.2) is 24.5 Å². The van der Waals surface area contributed by atoms with Crippen molar-refractivity contribution < 1.29 is 9.90 Å². The minimum absolute atomic E-state index is 0. The number of aromatic hydroxyl groups is 1. The summed E-state index contributed by atoms with van der Waals surface area (Å²) in [7, 11) is 0. The van der Waals surface area contributed by atoms with Gasteiger partial charge in [0, 0.05) is 35.6 Å². The van der Waals surface area contributed by atoms with Crippen molar-refractivity contribution in [2.24, 2.45) is 5.92 Å². The van der Waals surface area contributed by atoms with Crippen molar-refractivity contribution in [3.05, 3.63) is 46.8 Å². The predicted molar refractivity (Wildman–Crippen MR) is 126 cm³/mol. The number of hydrogen-bond acceptors (Lipinski definition) is 3. The number of nitrogens with one attached hydrogen (secondary N) is 1. The molecule has 5 nitrogen and oxygen atoms in total. The maximum absolute atomic E-state index is 13.1. The molecule has 0 spiro atoms. The molecule has 0 bridgehead atoms. The van der Waals surface area contributed by atoms with Gasteiger partial charge in [0.15, 0.2) is 5.78 Å². The summed E-state index contributed by atoms with van der Waals surface area (Å²) >= 11 is 0. The van der Waals surface area contributed by atoms with Crippen LogP contribution in [-0.2, 0) is 23.9 Å². The number of phenols is 1. The van der Waals surface area contributed by atoms with Crippen LogP contribution in [0.4, 0.5) is 0 Å². The van der Waals surface area contributed by atoms with Crippen molar-refractivity contribution in [2.45, 2.75) is 84.7 Å². The fraction of sp³-hybridized carbons (Fsp3) is 0.583. The highest BCUT2D eigenvalue weighted by Crippen LogP contribution is 2.40. The average molecular weight is 478 g/mol. The highest BCUT2D eigenvalue weighted by atomic mass is 79.9. The first-order valence-corrected chi connectivity index (χ1v) is 10.6. The summed E-state index contributed by atoms with van der Waals surface area (Å²) in [5, 5.41) is 19.3. The Labute approximate surface area is 190 Å². The Kier molecular flexibility index (Phi) is 7.12. The molecule has 0 saturated heterocycles. The maximum atomic E-state index is 13.1. The van der Waals surface area contributed by atoms with Gasteiger partial charge in [-0.05, 0) is 35.3 Å². The molecule has 1 heterocycles. The third kappa shape index (κ3) is 5.45. The summed E-state index contributed by atoms with van der Waals surface area (Å²) in [4.78, 5) is 13.1. The van der Waals surface area contributed by atoms with E-state index in [0.29, 0.717) is 11.2 Å². The lowest BCUT2D eigenvalue weighted by Crippen LogP contribution is -2.27. The molecule has 166 valence electrons. The van der Waals surface area contributed by atoms with E-state index >= 15 is 0 Å². The number of benzene rings is 1. The minimum atomic E-state index is -0.278. The zero-order valence-corrected chi connectivity index (χ0v) is 20.8. The Balaban J connectivity index is 0.00000320. The average Bonchev–Trinajstić information content (AvgIpc) is 3.36. The Hall–Kier alpha value is -1.82. The number of carbonyl (C=O) groups is 1. The van der Waals surface area contributed by atoms with Gasteiger partial charge in [0.05, 0.1) is 6.54 Å². The van der Waals surface area contributed by atoms with Crippen LogP contribution in [-0.4, -0.2) is 20.0 Å². The Morgan fingerprint density at radius 3 is 2.00 bits per heavy atom. The summed E-state index contributed by atoms with van der Waals surface area (Å²) in [5.41, 5.74) is 1.97. The maximum Gasteiger partial charge on any atom is 0.202 e. The fourth-order valence-corrected chi connectivity index (χ4v) is 3.69. The number of phenolic OH excluding ortho intramolecular Hbond substituents is 1. The molecule has 0 radical (unpaired) electrons. The molecule has 1 aromatic heterocycles. The number of nitrogens with zero attached hydrogens (tertiary/aromatic N) is 2. The van der Waals surface area contributed by atoms with Crippen LogP contribution in [0.2, 0.25) is 0 Å². The molecule has 1 aliphatic carbocycles. The molecule has 6 heteroatoms. The van der Waals surface area contributed by atoms with Crippen LogP contribution in [0.1, 0.15) is 82.3 Å². The van der Waals surface area contributed by atoms with Gasteiger partial charge in [-0.2, -0.15) is 0 Å².